The number of rotatable bonds is 6. The molecule has 182 valence electrons. The van der Waals surface area contributed by atoms with E-state index in [2.05, 4.69) is 15.1 Å². The number of hydrogen-bond acceptors (Lipinski definition) is 6. The molecule has 0 N–H and O–H groups in total. The molecule has 8 heteroatoms. The van der Waals surface area contributed by atoms with Crippen LogP contribution >= 0.6 is 0 Å². The molecule has 0 unspecified atom stereocenters. The summed E-state index contributed by atoms with van der Waals surface area (Å²) in [4.78, 5) is 2.59. The molecule has 0 bridgehead atoms. The van der Waals surface area contributed by atoms with E-state index in [1.54, 1.807) is 16.8 Å². The van der Waals surface area contributed by atoms with Gasteiger partial charge >= 0.3 is 0 Å². The van der Waals surface area contributed by atoms with Gasteiger partial charge in [0.2, 0.25) is 0 Å². The third kappa shape index (κ3) is 4.53. The van der Waals surface area contributed by atoms with Crippen molar-refractivity contribution in [1.29, 1.82) is 0 Å². The summed E-state index contributed by atoms with van der Waals surface area (Å²) >= 11 is 0. The zero-order valence-electron chi connectivity index (χ0n) is 20.4. The minimum absolute atomic E-state index is 0.314. The van der Waals surface area contributed by atoms with Gasteiger partial charge in [0, 0.05) is 37.1 Å². The van der Waals surface area contributed by atoms with Crippen LogP contribution in [-0.2, 0) is 4.74 Å². The summed E-state index contributed by atoms with van der Waals surface area (Å²) in [5.41, 5.74) is 3.91. The van der Waals surface area contributed by atoms with E-state index in [0.717, 1.165) is 79.6 Å². The number of likely N-dealkylation sites (tertiary alicyclic amines) is 1. The van der Waals surface area contributed by atoms with Crippen LogP contribution in [-0.4, -0.2) is 64.3 Å². The summed E-state index contributed by atoms with van der Waals surface area (Å²) in [6.07, 6.45) is 4.42. The Hall–Kier alpha value is -2.58. The van der Waals surface area contributed by atoms with Crippen molar-refractivity contribution in [3.8, 4) is 11.4 Å². The monoisotopic (exact) mass is 467 g/mol. The number of halogens is 1. The fraction of sp³-hybridized carbons (Fsp3) is 0.577. The number of aryl methyl sites for hydroxylation is 2. The van der Waals surface area contributed by atoms with E-state index >= 15 is 0 Å². The number of hydrogen-bond donors (Lipinski definition) is 0. The van der Waals surface area contributed by atoms with Crippen LogP contribution in [0.15, 0.2) is 18.2 Å². The number of aromatic nitrogens is 4. The Balaban J connectivity index is 1.40. The molecule has 2 fully saturated rings. The first-order valence-corrected chi connectivity index (χ1v) is 12.5. The molecule has 3 aromatic rings. The van der Waals surface area contributed by atoms with E-state index in [0.29, 0.717) is 24.0 Å². The molecule has 0 spiro atoms. The molecule has 0 amide bonds. The molecule has 2 aromatic heterocycles. The maximum absolute atomic E-state index is 15.0. The van der Waals surface area contributed by atoms with Gasteiger partial charge < -0.3 is 14.4 Å². The number of nitrogens with zero attached hydrogens (tertiary/aromatic N) is 5. The molecule has 0 aliphatic carbocycles. The zero-order chi connectivity index (χ0) is 23.7. The fourth-order valence-electron chi connectivity index (χ4n) is 5.45. The highest BCUT2D eigenvalue weighted by Gasteiger charge is 2.28. The second-order valence-electron chi connectivity index (χ2n) is 9.57. The largest absolute Gasteiger partial charge is 0.494 e. The van der Waals surface area contributed by atoms with Crippen molar-refractivity contribution in [1.82, 2.24) is 24.9 Å². The Morgan fingerprint density at radius 1 is 1.09 bits per heavy atom. The predicted molar refractivity (Wildman–Crippen MR) is 129 cm³/mol. The molecule has 0 radical (unpaired) electrons. The summed E-state index contributed by atoms with van der Waals surface area (Å²) in [5, 5.41) is 14.9. The van der Waals surface area contributed by atoms with Gasteiger partial charge in [0.15, 0.2) is 5.82 Å². The van der Waals surface area contributed by atoms with Crippen LogP contribution in [0.25, 0.3) is 16.6 Å². The topological polar surface area (TPSA) is 65.3 Å². The number of piperidine rings is 1. The van der Waals surface area contributed by atoms with Gasteiger partial charge in [0.05, 0.1) is 23.7 Å². The van der Waals surface area contributed by atoms with Crippen LogP contribution in [0.2, 0.25) is 0 Å². The first-order valence-electron chi connectivity index (χ1n) is 12.5. The van der Waals surface area contributed by atoms with Gasteiger partial charge in [-0.3, -0.25) is 0 Å². The molecule has 0 atom stereocenters. The molecule has 2 saturated heterocycles. The molecule has 2 aliphatic heterocycles. The lowest BCUT2D eigenvalue weighted by Crippen LogP contribution is -2.38. The molecule has 2 aliphatic rings. The Morgan fingerprint density at radius 3 is 2.56 bits per heavy atom. The molecular weight excluding hydrogens is 433 g/mol. The SMILES string of the molecule is CCOc1ccc(-n2nc3c(C4CCN(CC5CCOCC5)CC4)nnc(C)c3c2C)c(F)c1. The first-order chi connectivity index (χ1) is 16.5. The fourth-order valence-corrected chi connectivity index (χ4v) is 5.45. The average molecular weight is 468 g/mol. The number of ether oxygens (including phenoxy) is 2. The van der Waals surface area contributed by atoms with Gasteiger partial charge in [0.25, 0.3) is 0 Å². The van der Waals surface area contributed by atoms with Gasteiger partial charge in [0.1, 0.15) is 17.0 Å². The van der Waals surface area contributed by atoms with Gasteiger partial charge in [-0.2, -0.15) is 15.3 Å². The van der Waals surface area contributed by atoms with Crippen LogP contribution < -0.4 is 4.74 Å². The Labute approximate surface area is 200 Å². The van der Waals surface area contributed by atoms with Crippen LogP contribution in [0.3, 0.4) is 0 Å². The highest BCUT2D eigenvalue weighted by Crippen LogP contribution is 2.34. The lowest BCUT2D eigenvalue weighted by atomic mass is 9.90. The summed E-state index contributed by atoms with van der Waals surface area (Å²) in [7, 11) is 0. The van der Waals surface area contributed by atoms with Crippen LogP contribution in [0, 0.1) is 25.6 Å². The van der Waals surface area contributed by atoms with E-state index in [9.17, 15) is 4.39 Å². The van der Waals surface area contributed by atoms with Gasteiger partial charge in [-0.25, -0.2) is 9.07 Å². The lowest BCUT2D eigenvalue weighted by Gasteiger charge is -2.35. The minimum Gasteiger partial charge on any atom is -0.494 e. The molecule has 4 heterocycles. The highest BCUT2D eigenvalue weighted by atomic mass is 19.1. The summed E-state index contributed by atoms with van der Waals surface area (Å²) in [5.74, 6) is 1.22. The molecule has 7 nitrogen and oxygen atoms in total. The summed E-state index contributed by atoms with van der Waals surface area (Å²) < 4.78 is 27.6. The van der Waals surface area contributed by atoms with E-state index in [-0.39, 0.29) is 5.82 Å². The Morgan fingerprint density at radius 2 is 1.85 bits per heavy atom. The van der Waals surface area contributed by atoms with Crippen molar-refractivity contribution in [2.45, 2.75) is 52.4 Å². The predicted octanol–water partition coefficient (Wildman–Crippen LogP) is 4.58. The van der Waals surface area contributed by atoms with Crippen molar-refractivity contribution in [3.63, 3.8) is 0 Å². The van der Waals surface area contributed by atoms with E-state index in [1.807, 2.05) is 20.8 Å². The van der Waals surface area contributed by atoms with Crippen molar-refractivity contribution < 1.29 is 13.9 Å². The maximum atomic E-state index is 15.0. The zero-order valence-corrected chi connectivity index (χ0v) is 20.4. The normalized spacial score (nSPS) is 18.6. The maximum Gasteiger partial charge on any atom is 0.152 e. The van der Waals surface area contributed by atoms with Gasteiger partial charge in [-0.1, -0.05) is 0 Å². The third-order valence-electron chi connectivity index (χ3n) is 7.32. The lowest BCUT2D eigenvalue weighted by molar-refractivity contribution is 0.0487. The van der Waals surface area contributed by atoms with Crippen molar-refractivity contribution >= 4 is 10.9 Å². The Kier molecular flexibility index (Phi) is 6.79. The molecule has 1 aromatic carbocycles. The second kappa shape index (κ2) is 9.96. The number of benzene rings is 1. The van der Waals surface area contributed by atoms with E-state index < -0.39 is 0 Å². The molecular formula is C26H34FN5O2. The van der Waals surface area contributed by atoms with Crippen molar-refractivity contribution in [2.75, 3.05) is 39.5 Å². The quantitative estimate of drug-likeness (QED) is 0.529. The smallest absolute Gasteiger partial charge is 0.152 e. The third-order valence-corrected chi connectivity index (χ3v) is 7.32. The standard InChI is InChI=1S/C26H34FN5O2/c1-4-34-21-5-6-23(22(27)15-21)32-18(3)24-17(2)28-29-25(26(24)30-32)20-7-11-31(12-8-20)16-19-9-13-33-14-10-19/h5-6,15,19-20H,4,7-14,16H2,1-3H3. The van der Waals surface area contributed by atoms with Gasteiger partial charge in [-0.15, -0.1) is 0 Å². The molecule has 5 rings (SSSR count). The minimum atomic E-state index is -0.358. The highest BCUT2D eigenvalue weighted by molar-refractivity contribution is 5.86. The second-order valence-corrected chi connectivity index (χ2v) is 9.57. The number of fused-ring (bicyclic) bond motifs is 1. The van der Waals surface area contributed by atoms with E-state index in [1.165, 1.54) is 18.9 Å². The summed E-state index contributed by atoms with van der Waals surface area (Å²) in [6, 6.07) is 4.93. The average Bonchev–Trinajstić information content (AvgIpc) is 3.19. The molecule has 34 heavy (non-hydrogen) atoms. The summed E-state index contributed by atoms with van der Waals surface area (Å²) in [6.45, 7) is 11.4. The first kappa shape index (κ1) is 23.2. The molecule has 0 saturated carbocycles. The van der Waals surface area contributed by atoms with Gasteiger partial charge in [-0.05, 0) is 77.6 Å². The van der Waals surface area contributed by atoms with Crippen LogP contribution in [0.4, 0.5) is 4.39 Å². The van der Waals surface area contributed by atoms with Crippen molar-refractivity contribution in [3.05, 3.63) is 41.1 Å². The van der Waals surface area contributed by atoms with E-state index in [4.69, 9.17) is 14.6 Å². The van der Waals surface area contributed by atoms with Crippen LogP contribution in [0.1, 0.15) is 55.6 Å². The van der Waals surface area contributed by atoms with Crippen molar-refractivity contribution in [2.24, 2.45) is 5.92 Å². The Bertz CT molecular complexity index is 1150. The van der Waals surface area contributed by atoms with Crippen LogP contribution in [0.5, 0.6) is 5.75 Å².